The average molecular weight is 249 g/mol. The number of imidazole rings is 1. The molecule has 17 heavy (non-hydrogen) atoms. The van der Waals surface area contributed by atoms with E-state index in [2.05, 4.69) is 34.3 Å². The molecule has 0 spiro atoms. The van der Waals surface area contributed by atoms with Crippen LogP contribution in [0.1, 0.15) is 28.9 Å². The third-order valence-electron chi connectivity index (χ3n) is 2.69. The van der Waals surface area contributed by atoms with Crippen LogP contribution in [-0.2, 0) is 19.4 Å². The lowest BCUT2D eigenvalue weighted by molar-refractivity contribution is 0.645. The Hall–Kier alpha value is -1.13. The zero-order chi connectivity index (χ0) is 11.9. The van der Waals surface area contributed by atoms with Gasteiger partial charge in [0.1, 0.15) is 5.82 Å². The number of aromatic nitrogens is 2. The van der Waals surface area contributed by atoms with Crippen LogP contribution in [0.2, 0.25) is 0 Å². The van der Waals surface area contributed by atoms with Gasteiger partial charge in [-0.25, -0.2) is 4.98 Å². The molecule has 0 aliphatic rings. The van der Waals surface area contributed by atoms with Crippen molar-refractivity contribution in [2.24, 2.45) is 0 Å². The van der Waals surface area contributed by atoms with E-state index < -0.39 is 0 Å². The van der Waals surface area contributed by atoms with E-state index in [1.807, 2.05) is 17.5 Å². The Morgan fingerprint density at radius 3 is 2.94 bits per heavy atom. The van der Waals surface area contributed by atoms with Gasteiger partial charge in [-0.05, 0) is 31.5 Å². The van der Waals surface area contributed by atoms with Gasteiger partial charge in [0.2, 0.25) is 0 Å². The summed E-state index contributed by atoms with van der Waals surface area (Å²) in [6.45, 7) is 4.23. The number of hydrogen-bond acceptors (Lipinski definition) is 3. The molecule has 2 N–H and O–H groups in total. The van der Waals surface area contributed by atoms with Crippen molar-refractivity contribution in [1.82, 2.24) is 15.3 Å². The van der Waals surface area contributed by atoms with Crippen molar-refractivity contribution < 1.29 is 0 Å². The van der Waals surface area contributed by atoms with Crippen molar-refractivity contribution in [2.75, 3.05) is 6.54 Å². The minimum Gasteiger partial charge on any atom is -0.349 e. The van der Waals surface area contributed by atoms with Crippen LogP contribution in [0.5, 0.6) is 0 Å². The molecule has 3 nitrogen and oxygen atoms in total. The number of aryl methyl sites for hydroxylation is 2. The second kappa shape index (κ2) is 6.57. The van der Waals surface area contributed by atoms with E-state index in [0.717, 1.165) is 38.2 Å². The Labute approximate surface area is 106 Å². The van der Waals surface area contributed by atoms with Crippen molar-refractivity contribution in [3.05, 3.63) is 40.1 Å². The van der Waals surface area contributed by atoms with E-state index in [-0.39, 0.29) is 0 Å². The van der Waals surface area contributed by atoms with Crippen LogP contribution in [0.4, 0.5) is 0 Å². The Kier molecular flexibility index (Phi) is 4.76. The first-order valence-electron chi connectivity index (χ1n) is 6.15. The average Bonchev–Trinajstić information content (AvgIpc) is 2.99. The molecule has 0 aromatic carbocycles. The molecule has 0 saturated heterocycles. The molecule has 2 heterocycles. The maximum atomic E-state index is 4.21. The van der Waals surface area contributed by atoms with E-state index in [1.165, 1.54) is 9.75 Å². The number of nitrogens with one attached hydrogen (secondary N) is 2. The first kappa shape index (κ1) is 12.3. The molecule has 0 aliphatic carbocycles. The molecule has 0 saturated carbocycles. The summed E-state index contributed by atoms with van der Waals surface area (Å²) in [4.78, 5) is 10.2. The second-order valence-electron chi connectivity index (χ2n) is 4.04. The smallest absolute Gasteiger partial charge is 0.106 e. The highest BCUT2D eigenvalue weighted by Gasteiger charge is 1.98. The highest BCUT2D eigenvalue weighted by molar-refractivity contribution is 7.11. The summed E-state index contributed by atoms with van der Waals surface area (Å²) >= 11 is 1.91. The molecule has 4 heteroatoms. The molecule has 0 aliphatic heterocycles. The molecular weight excluding hydrogens is 230 g/mol. The number of thiophene rings is 1. The lowest BCUT2D eigenvalue weighted by Gasteiger charge is -2.01. The molecule has 2 aromatic rings. The van der Waals surface area contributed by atoms with Gasteiger partial charge in [-0.2, -0.15) is 0 Å². The predicted molar refractivity (Wildman–Crippen MR) is 72.3 cm³/mol. The maximum Gasteiger partial charge on any atom is 0.106 e. The monoisotopic (exact) mass is 249 g/mol. The first-order valence-corrected chi connectivity index (χ1v) is 6.96. The lowest BCUT2D eigenvalue weighted by Crippen LogP contribution is -2.14. The Bertz CT molecular complexity index is 420. The van der Waals surface area contributed by atoms with Crippen molar-refractivity contribution >= 4 is 11.3 Å². The van der Waals surface area contributed by atoms with Gasteiger partial charge in [0.15, 0.2) is 0 Å². The zero-order valence-corrected chi connectivity index (χ0v) is 11.0. The molecule has 2 aromatic heterocycles. The summed E-state index contributed by atoms with van der Waals surface area (Å²) in [6.07, 6.45) is 6.97. The maximum absolute atomic E-state index is 4.21. The minimum atomic E-state index is 0.989. The molecule has 0 bridgehead atoms. The van der Waals surface area contributed by atoms with Gasteiger partial charge in [-0.15, -0.1) is 11.3 Å². The summed E-state index contributed by atoms with van der Waals surface area (Å²) in [6, 6.07) is 4.45. The fourth-order valence-corrected chi connectivity index (χ4v) is 2.66. The molecule has 0 amide bonds. The van der Waals surface area contributed by atoms with E-state index in [9.17, 15) is 0 Å². The van der Waals surface area contributed by atoms with E-state index in [0.29, 0.717) is 0 Å². The van der Waals surface area contributed by atoms with Crippen molar-refractivity contribution in [2.45, 2.75) is 32.7 Å². The van der Waals surface area contributed by atoms with Crippen LogP contribution in [0.3, 0.4) is 0 Å². The lowest BCUT2D eigenvalue weighted by atomic mass is 10.3. The first-order chi connectivity index (χ1) is 8.38. The normalized spacial score (nSPS) is 10.9. The van der Waals surface area contributed by atoms with Crippen LogP contribution in [0.25, 0.3) is 0 Å². The van der Waals surface area contributed by atoms with Crippen molar-refractivity contribution in [1.29, 1.82) is 0 Å². The Morgan fingerprint density at radius 2 is 2.24 bits per heavy atom. The van der Waals surface area contributed by atoms with Gasteiger partial charge in [-0.3, -0.25) is 0 Å². The highest BCUT2D eigenvalue weighted by Crippen LogP contribution is 2.16. The number of H-pyrrole nitrogens is 1. The summed E-state index contributed by atoms with van der Waals surface area (Å²) < 4.78 is 0. The summed E-state index contributed by atoms with van der Waals surface area (Å²) in [5.41, 5.74) is 0. The van der Waals surface area contributed by atoms with Gasteiger partial charge in [0.25, 0.3) is 0 Å². The van der Waals surface area contributed by atoms with Crippen LogP contribution in [0, 0.1) is 0 Å². The number of rotatable bonds is 7. The SMILES string of the molecule is CCc1ccc(CNCCCc2ncc[nH]2)s1. The van der Waals surface area contributed by atoms with Gasteiger partial charge in [0, 0.05) is 35.1 Å². The summed E-state index contributed by atoms with van der Waals surface area (Å²) in [5, 5.41) is 3.47. The highest BCUT2D eigenvalue weighted by atomic mass is 32.1. The number of nitrogens with zero attached hydrogens (tertiary/aromatic N) is 1. The molecule has 0 unspecified atom stereocenters. The molecule has 2 rings (SSSR count). The molecule has 0 radical (unpaired) electrons. The molecule has 0 fully saturated rings. The molecule has 92 valence electrons. The van der Waals surface area contributed by atoms with Crippen LogP contribution >= 0.6 is 11.3 Å². The second-order valence-corrected chi connectivity index (χ2v) is 5.29. The topological polar surface area (TPSA) is 40.7 Å². The van der Waals surface area contributed by atoms with Crippen LogP contribution in [0.15, 0.2) is 24.5 Å². The fourth-order valence-electron chi connectivity index (χ4n) is 1.73. The van der Waals surface area contributed by atoms with Crippen LogP contribution < -0.4 is 5.32 Å². The van der Waals surface area contributed by atoms with Gasteiger partial charge in [-0.1, -0.05) is 6.92 Å². The number of hydrogen-bond donors (Lipinski definition) is 2. The predicted octanol–water partition coefficient (Wildman–Crippen LogP) is 2.76. The Morgan fingerprint density at radius 1 is 1.35 bits per heavy atom. The van der Waals surface area contributed by atoms with E-state index in [1.54, 1.807) is 6.20 Å². The zero-order valence-electron chi connectivity index (χ0n) is 10.2. The molecular formula is C13H19N3S. The van der Waals surface area contributed by atoms with Gasteiger partial charge in [0.05, 0.1) is 0 Å². The largest absolute Gasteiger partial charge is 0.349 e. The molecule has 0 atom stereocenters. The fraction of sp³-hybridized carbons (Fsp3) is 0.462. The van der Waals surface area contributed by atoms with Crippen LogP contribution in [-0.4, -0.2) is 16.5 Å². The standard InChI is InChI=1S/C13H19N3S/c1-2-11-5-6-12(17-11)10-14-7-3-4-13-15-8-9-16-13/h5-6,8-9,14H,2-4,7,10H2,1H3,(H,15,16). The Balaban J connectivity index is 1.60. The van der Waals surface area contributed by atoms with E-state index in [4.69, 9.17) is 0 Å². The third-order valence-corrected chi connectivity index (χ3v) is 3.92. The van der Waals surface area contributed by atoms with Gasteiger partial charge < -0.3 is 10.3 Å². The van der Waals surface area contributed by atoms with Gasteiger partial charge >= 0.3 is 0 Å². The minimum absolute atomic E-state index is 0.989. The quantitative estimate of drug-likeness (QED) is 0.741. The van der Waals surface area contributed by atoms with E-state index >= 15 is 0 Å². The summed E-state index contributed by atoms with van der Waals surface area (Å²) in [5.74, 6) is 1.08. The summed E-state index contributed by atoms with van der Waals surface area (Å²) in [7, 11) is 0. The van der Waals surface area contributed by atoms with Crippen molar-refractivity contribution in [3.63, 3.8) is 0 Å². The third kappa shape index (κ3) is 3.98. The van der Waals surface area contributed by atoms with Crippen molar-refractivity contribution in [3.8, 4) is 0 Å². The number of aromatic amines is 1.